The zero-order valence-corrected chi connectivity index (χ0v) is 18.2. The van der Waals surface area contributed by atoms with Crippen LogP contribution in [0.15, 0.2) is 34.9 Å². The standard InChI is InChI=1S/C23H31N5O3/c1-18-24-22(25-31-18)23-16-27(13-19-5-3-2-4-6-19)14-20(23)7-8-28(17-23)21(29)15-26-9-11-30-12-10-26/h2-6,20H,7-17H2,1H3/t20-,23+/m0/s1. The first kappa shape index (κ1) is 20.6. The van der Waals surface area contributed by atoms with Crippen molar-refractivity contribution in [2.75, 3.05) is 59.0 Å². The molecule has 0 saturated carbocycles. The normalized spacial score (nSPS) is 27.4. The average Bonchev–Trinajstić information content (AvgIpc) is 3.38. The first-order valence-electron chi connectivity index (χ1n) is 11.3. The minimum absolute atomic E-state index is 0.196. The molecule has 0 radical (unpaired) electrons. The lowest BCUT2D eigenvalue weighted by Gasteiger charge is -2.43. The third-order valence-electron chi connectivity index (χ3n) is 7.02. The van der Waals surface area contributed by atoms with Crippen molar-refractivity contribution in [1.29, 1.82) is 0 Å². The fourth-order valence-electron chi connectivity index (χ4n) is 5.41. The number of carbonyl (C=O) groups excluding carboxylic acids is 1. The van der Waals surface area contributed by atoms with Crippen LogP contribution in [0.3, 0.4) is 0 Å². The number of ether oxygens (including phenoxy) is 1. The summed E-state index contributed by atoms with van der Waals surface area (Å²) >= 11 is 0. The van der Waals surface area contributed by atoms with E-state index in [1.165, 1.54) is 5.56 Å². The summed E-state index contributed by atoms with van der Waals surface area (Å²) in [6.45, 7) is 9.54. The van der Waals surface area contributed by atoms with Crippen LogP contribution >= 0.6 is 0 Å². The maximum absolute atomic E-state index is 13.2. The van der Waals surface area contributed by atoms with Crippen LogP contribution in [0.5, 0.6) is 0 Å². The molecule has 3 aliphatic heterocycles. The summed E-state index contributed by atoms with van der Waals surface area (Å²) in [5.41, 5.74) is 1.03. The SMILES string of the molecule is Cc1nc([C@@]23CN(Cc4ccccc4)C[C@@H]2CCN(C(=O)CN2CCOCC2)C3)no1. The van der Waals surface area contributed by atoms with Crippen molar-refractivity contribution in [3.05, 3.63) is 47.6 Å². The minimum atomic E-state index is -0.272. The molecule has 0 bridgehead atoms. The van der Waals surface area contributed by atoms with Gasteiger partial charge in [-0.05, 0) is 17.9 Å². The molecule has 3 saturated heterocycles. The molecule has 0 spiro atoms. The van der Waals surface area contributed by atoms with Crippen molar-refractivity contribution >= 4 is 5.91 Å². The van der Waals surface area contributed by atoms with Gasteiger partial charge in [0.25, 0.3) is 0 Å². The van der Waals surface area contributed by atoms with Crippen LogP contribution in [0.2, 0.25) is 0 Å². The Bertz CT molecular complexity index is 898. The van der Waals surface area contributed by atoms with E-state index >= 15 is 0 Å². The van der Waals surface area contributed by atoms with Gasteiger partial charge in [-0.3, -0.25) is 14.6 Å². The van der Waals surface area contributed by atoms with Gasteiger partial charge in [0.05, 0.1) is 25.2 Å². The van der Waals surface area contributed by atoms with Crippen LogP contribution in [0, 0.1) is 12.8 Å². The van der Waals surface area contributed by atoms with Gasteiger partial charge in [0.15, 0.2) is 5.82 Å². The van der Waals surface area contributed by atoms with E-state index in [4.69, 9.17) is 9.26 Å². The van der Waals surface area contributed by atoms with Gasteiger partial charge in [-0.2, -0.15) is 4.98 Å². The summed E-state index contributed by atoms with van der Waals surface area (Å²) in [5.74, 6) is 1.96. The fourth-order valence-corrected chi connectivity index (χ4v) is 5.41. The Kier molecular flexibility index (Phi) is 5.77. The maximum atomic E-state index is 13.2. The summed E-state index contributed by atoms with van der Waals surface area (Å²) in [6, 6.07) is 10.6. The maximum Gasteiger partial charge on any atom is 0.236 e. The Morgan fingerprint density at radius 3 is 2.68 bits per heavy atom. The number of rotatable bonds is 5. The lowest BCUT2D eigenvalue weighted by Crippen LogP contribution is -2.56. The highest BCUT2D eigenvalue weighted by molar-refractivity contribution is 5.78. The molecule has 0 N–H and O–H groups in total. The molecule has 1 aromatic carbocycles. The number of carbonyl (C=O) groups is 1. The van der Waals surface area contributed by atoms with E-state index in [2.05, 4.69) is 50.3 Å². The number of likely N-dealkylation sites (tertiary alicyclic amines) is 2. The van der Waals surface area contributed by atoms with Crippen LogP contribution < -0.4 is 0 Å². The second-order valence-corrected chi connectivity index (χ2v) is 9.14. The highest BCUT2D eigenvalue weighted by Crippen LogP contribution is 2.44. The second kappa shape index (κ2) is 8.68. The fraction of sp³-hybridized carbons (Fsp3) is 0.609. The zero-order chi connectivity index (χ0) is 21.3. The first-order valence-corrected chi connectivity index (χ1v) is 11.3. The van der Waals surface area contributed by atoms with Crippen LogP contribution in [0.25, 0.3) is 0 Å². The van der Waals surface area contributed by atoms with E-state index in [1.807, 2.05) is 11.8 Å². The molecule has 4 heterocycles. The predicted molar refractivity (Wildman–Crippen MR) is 114 cm³/mol. The van der Waals surface area contributed by atoms with Crippen molar-refractivity contribution in [2.45, 2.75) is 25.3 Å². The summed E-state index contributed by atoms with van der Waals surface area (Å²) in [6.07, 6.45) is 0.966. The van der Waals surface area contributed by atoms with Crippen LogP contribution in [0.4, 0.5) is 0 Å². The van der Waals surface area contributed by atoms with Gasteiger partial charge in [0.2, 0.25) is 11.8 Å². The number of hydrogen-bond acceptors (Lipinski definition) is 7. The topological polar surface area (TPSA) is 74.9 Å². The quantitative estimate of drug-likeness (QED) is 0.715. The minimum Gasteiger partial charge on any atom is -0.379 e. The Hall–Kier alpha value is -2.29. The van der Waals surface area contributed by atoms with Gasteiger partial charge >= 0.3 is 0 Å². The molecule has 1 amide bonds. The number of piperidine rings is 1. The third-order valence-corrected chi connectivity index (χ3v) is 7.02. The second-order valence-electron chi connectivity index (χ2n) is 9.14. The molecule has 0 aliphatic carbocycles. The summed E-state index contributed by atoms with van der Waals surface area (Å²) in [7, 11) is 0. The lowest BCUT2D eigenvalue weighted by molar-refractivity contribution is -0.136. The van der Waals surface area contributed by atoms with E-state index in [0.717, 1.165) is 51.5 Å². The number of aryl methyl sites for hydroxylation is 1. The highest BCUT2D eigenvalue weighted by Gasteiger charge is 2.54. The third kappa shape index (κ3) is 4.24. The molecule has 8 heteroatoms. The van der Waals surface area contributed by atoms with E-state index < -0.39 is 0 Å². The molecule has 166 valence electrons. The summed E-state index contributed by atoms with van der Waals surface area (Å²) in [5, 5.41) is 4.35. The smallest absolute Gasteiger partial charge is 0.236 e. The van der Waals surface area contributed by atoms with Gasteiger partial charge in [0.1, 0.15) is 0 Å². The largest absolute Gasteiger partial charge is 0.379 e. The number of fused-ring (bicyclic) bond motifs is 1. The molecule has 3 fully saturated rings. The Balaban J connectivity index is 1.35. The van der Waals surface area contributed by atoms with Gasteiger partial charge in [-0.25, -0.2) is 0 Å². The van der Waals surface area contributed by atoms with Crippen molar-refractivity contribution in [1.82, 2.24) is 24.8 Å². The first-order chi connectivity index (χ1) is 15.1. The monoisotopic (exact) mass is 425 g/mol. The predicted octanol–water partition coefficient (Wildman–Crippen LogP) is 1.31. The van der Waals surface area contributed by atoms with Crippen LogP contribution in [-0.2, 0) is 21.5 Å². The highest BCUT2D eigenvalue weighted by atomic mass is 16.5. The lowest BCUT2D eigenvalue weighted by atomic mass is 9.72. The van der Waals surface area contributed by atoms with Gasteiger partial charge in [0, 0.05) is 52.7 Å². The number of benzene rings is 1. The van der Waals surface area contributed by atoms with Gasteiger partial charge in [-0.15, -0.1) is 0 Å². The van der Waals surface area contributed by atoms with Crippen molar-refractivity contribution in [3.8, 4) is 0 Å². The number of amides is 1. The molecule has 2 atom stereocenters. The molecule has 0 unspecified atom stereocenters. The molecule has 5 rings (SSSR count). The summed E-state index contributed by atoms with van der Waals surface area (Å²) < 4.78 is 10.8. The molecule has 1 aromatic heterocycles. The van der Waals surface area contributed by atoms with E-state index in [9.17, 15) is 4.79 Å². The summed E-state index contributed by atoms with van der Waals surface area (Å²) in [4.78, 5) is 24.5. The number of aromatic nitrogens is 2. The molecule has 31 heavy (non-hydrogen) atoms. The molecule has 3 aliphatic rings. The van der Waals surface area contributed by atoms with Crippen molar-refractivity contribution < 1.29 is 14.1 Å². The van der Waals surface area contributed by atoms with E-state index in [1.54, 1.807) is 0 Å². The van der Waals surface area contributed by atoms with Gasteiger partial charge in [-0.1, -0.05) is 35.5 Å². The Labute approximate surface area is 183 Å². The van der Waals surface area contributed by atoms with E-state index in [0.29, 0.717) is 38.1 Å². The number of nitrogens with zero attached hydrogens (tertiary/aromatic N) is 5. The molecule has 8 nitrogen and oxygen atoms in total. The average molecular weight is 426 g/mol. The van der Waals surface area contributed by atoms with Gasteiger partial charge < -0.3 is 14.2 Å². The molecular formula is C23H31N5O3. The Morgan fingerprint density at radius 2 is 1.94 bits per heavy atom. The molecule has 2 aromatic rings. The Morgan fingerprint density at radius 1 is 1.13 bits per heavy atom. The van der Waals surface area contributed by atoms with Crippen molar-refractivity contribution in [2.24, 2.45) is 5.92 Å². The number of morpholine rings is 1. The zero-order valence-electron chi connectivity index (χ0n) is 18.2. The number of hydrogen-bond donors (Lipinski definition) is 0. The van der Waals surface area contributed by atoms with Crippen LogP contribution in [-0.4, -0.2) is 89.8 Å². The van der Waals surface area contributed by atoms with Crippen LogP contribution in [0.1, 0.15) is 23.7 Å². The van der Waals surface area contributed by atoms with E-state index in [-0.39, 0.29) is 11.3 Å². The molecular weight excluding hydrogens is 394 g/mol. The van der Waals surface area contributed by atoms with Crippen molar-refractivity contribution in [3.63, 3.8) is 0 Å².